The second-order valence-electron chi connectivity index (χ2n) is 8.01. The van der Waals surface area contributed by atoms with Crippen molar-refractivity contribution in [1.29, 1.82) is 0 Å². The molecule has 0 saturated heterocycles. The maximum Gasteiger partial charge on any atom is 0.251 e. The summed E-state index contributed by atoms with van der Waals surface area (Å²) in [7, 11) is 0. The number of hydrogen-bond acceptors (Lipinski definition) is 5. The van der Waals surface area contributed by atoms with Crippen LogP contribution in [0.1, 0.15) is 39.9 Å². The van der Waals surface area contributed by atoms with Gasteiger partial charge >= 0.3 is 0 Å². The molecule has 1 amide bonds. The second-order valence-corrected chi connectivity index (χ2v) is 8.01. The molecule has 7 nitrogen and oxygen atoms in total. The van der Waals surface area contributed by atoms with E-state index in [0.29, 0.717) is 22.8 Å². The number of amides is 1. The first-order valence-corrected chi connectivity index (χ1v) is 10.4. The van der Waals surface area contributed by atoms with Crippen LogP contribution in [0.4, 0.5) is 0 Å². The van der Waals surface area contributed by atoms with E-state index in [4.69, 9.17) is 0 Å². The van der Waals surface area contributed by atoms with Gasteiger partial charge in [0.15, 0.2) is 5.65 Å². The number of nitrogens with one attached hydrogen (secondary N) is 1. The smallest absolute Gasteiger partial charge is 0.251 e. The molecular formula is C24H23N5O2. The minimum Gasteiger partial charge on any atom is -0.392 e. The average molecular weight is 413 g/mol. The predicted molar refractivity (Wildman–Crippen MR) is 118 cm³/mol. The van der Waals surface area contributed by atoms with Crippen molar-refractivity contribution in [2.75, 3.05) is 0 Å². The van der Waals surface area contributed by atoms with Gasteiger partial charge < -0.3 is 10.4 Å². The van der Waals surface area contributed by atoms with Gasteiger partial charge in [0.05, 0.1) is 12.3 Å². The first kappa shape index (κ1) is 19.4. The molecule has 1 aliphatic carbocycles. The third-order valence-corrected chi connectivity index (χ3v) is 5.85. The number of hydrogen-bond donors (Lipinski definition) is 2. The van der Waals surface area contributed by atoms with Crippen LogP contribution in [-0.2, 0) is 6.61 Å². The Labute approximate surface area is 179 Å². The Morgan fingerprint density at radius 3 is 2.77 bits per heavy atom. The molecule has 4 aromatic rings. The molecular weight excluding hydrogens is 390 g/mol. The van der Waals surface area contributed by atoms with Gasteiger partial charge in [-0.1, -0.05) is 24.3 Å². The summed E-state index contributed by atoms with van der Waals surface area (Å²) in [5.41, 5.74) is 7.29. The van der Waals surface area contributed by atoms with Gasteiger partial charge in [-0.25, -0.2) is 15.0 Å². The molecule has 0 spiro atoms. The van der Waals surface area contributed by atoms with E-state index < -0.39 is 0 Å². The van der Waals surface area contributed by atoms with Gasteiger partial charge in [0.1, 0.15) is 23.9 Å². The normalized spacial score (nSPS) is 13.5. The van der Waals surface area contributed by atoms with Crippen molar-refractivity contribution in [3.05, 3.63) is 71.3 Å². The summed E-state index contributed by atoms with van der Waals surface area (Å²) < 4.78 is 1.90. The van der Waals surface area contributed by atoms with Crippen molar-refractivity contribution in [3.63, 3.8) is 0 Å². The standard InChI is InChI=1S/C24H23N5O2/c1-14-6-7-16(24(31)28-18-8-9-18)10-20(14)29-13-27-22-21(25-12-26-23(22)29)19-5-3-4-17(11-30)15(19)2/h3-7,10,12-13,18,30H,8-9,11H2,1-2H3,(H,28,31). The van der Waals surface area contributed by atoms with Crippen LogP contribution in [0.15, 0.2) is 49.1 Å². The number of carbonyl (C=O) groups excluding carboxylic acids is 1. The molecule has 2 aromatic heterocycles. The number of benzene rings is 2. The van der Waals surface area contributed by atoms with E-state index >= 15 is 0 Å². The Hall–Kier alpha value is -3.58. The number of nitrogens with zero attached hydrogens (tertiary/aromatic N) is 4. The van der Waals surface area contributed by atoms with Gasteiger partial charge in [-0.05, 0) is 55.5 Å². The zero-order valence-electron chi connectivity index (χ0n) is 17.5. The van der Waals surface area contributed by atoms with Crippen LogP contribution >= 0.6 is 0 Å². The van der Waals surface area contributed by atoms with Crippen molar-refractivity contribution >= 4 is 17.1 Å². The molecule has 2 N–H and O–H groups in total. The summed E-state index contributed by atoms with van der Waals surface area (Å²) in [5.74, 6) is -0.0556. The number of aliphatic hydroxyl groups excluding tert-OH is 1. The lowest BCUT2D eigenvalue weighted by Gasteiger charge is -2.12. The third-order valence-electron chi connectivity index (χ3n) is 5.85. The third kappa shape index (κ3) is 3.47. The highest BCUT2D eigenvalue weighted by molar-refractivity contribution is 5.95. The molecule has 5 rings (SSSR count). The van der Waals surface area contributed by atoms with Gasteiger partial charge in [0, 0.05) is 17.2 Å². The van der Waals surface area contributed by atoms with Crippen molar-refractivity contribution in [2.24, 2.45) is 0 Å². The quantitative estimate of drug-likeness (QED) is 0.523. The molecule has 1 aliphatic rings. The van der Waals surface area contributed by atoms with Crippen molar-refractivity contribution in [1.82, 2.24) is 24.8 Å². The molecule has 7 heteroatoms. The summed E-state index contributed by atoms with van der Waals surface area (Å²) >= 11 is 0. The van der Waals surface area contributed by atoms with E-state index in [9.17, 15) is 9.90 Å². The fourth-order valence-corrected chi connectivity index (χ4v) is 3.83. The van der Waals surface area contributed by atoms with Crippen LogP contribution in [-0.4, -0.2) is 36.6 Å². The second kappa shape index (κ2) is 7.59. The zero-order valence-corrected chi connectivity index (χ0v) is 17.5. The van der Waals surface area contributed by atoms with E-state index in [0.717, 1.165) is 46.5 Å². The number of fused-ring (bicyclic) bond motifs is 1. The van der Waals surface area contributed by atoms with E-state index in [2.05, 4.69) is 20.3 Å². The van der Waals surface area contributed by atoms with Crippen LogP contribution in [0.25, 0.3) is 28.1 Å². The molecule has 0 bridgehead atoms. The van der Waals surface area contributed by atoms with Gasteiger partial charge in [0.2, 0.25) is 0 Å². The minimum atomic E-state index is -0.0556. The predicted octanol–water partition coefficient (Wildman–Crippen LogP) is 3.48. The fourth-order valence-electron chi connectivity index (χ4n) is 3.83. The lowest BCUT2D eigenvalue weighted by Crippen LogP contribution is -2.25. The summed E-state index contributed by atoms with van der Waals surface area (Å²) in [6.45, 7) is 3.94. The number of aryl methyl sites for hydroxylation is 1. The van der Waals surface area contributed by atoms with Crippen molar-refractivity contribution < 1.29 is 9.90 Å². The monoisotopic (exact) mass is 413 g/mol. The van der Waals surface area contributed by atoms with Crippen LogP contribution in [0.3, 0.4) is 0 Å². The molecule has 156 valence electrons. The summed E-state index contributed by atoms with van der Waals surface area (Å²) in [6.07, 6.45) is 5.35. The summed E-state index contributed by atoms with van der Waals surface area (Å²) in [6, 6.07) is 11.8. The molecule has 1 fully saturated rings. The highest BCUT2D eigenvalue weighted by atomic mass is 16.3. The SMILES string of the molecule is Cc1ccc(C(=O)NC2CC2)cc1-n1cnc2c(-c3cccc(CO)c3C)ncnc21. The molecule has 0 radical (unpaired) electrons. The van der Waals surface area contributed by atoms with Gasteiger partial charge in [-0.2, -0.15) is 0 Å². The molecule has 0 aliphatic heterocycles. The number of carbonyl (C=O) groups is 1. The molecule has 31 heavy (non-hydrogen) atoms. The van der Waals surface area contributed by atoms with E-state index in [1.165, 1.54) is 6.33 Å². The Morgan fingerprint density at radius 2 is 2.00 bits per heavy atom. The number of imidazole rings is 1. The van der Waals surface area contributed by atoms with E-state index in [1.54, 1.807) is 6.33 Å². The van der Waals surface area contributed by atoms with Crippen molar-refractivity contribution in [2.45, 2.75) is 39.3 Å². The Balaban J connectivity index is 1.62. The lowest BCUT2D eigenvalue weighted by atomic mass is 10.00. The minimum absolute atomic E-state index is 0.0305. The fraction of sp³-hybridized carbons (Fsp3) is 0.250. The van der Waals surface area contributed by atoms with Crippen LogP contribution in [0.2, 0.25) is 0 Å². The van der Waals surface area contributed by atoms with Gasteiger partial charge in [-0.15, -0.1) is 0 Å². The van der Waals surface area contributed by atoms with E-state index in [1.807, 2.05) is 54.8 Å². The topological polar surface area (TPSA) is 92.9 Å². The maximum absolute atomic E-state index is 12.5. The molecule has 2 aromatic carbocycles. The molecule has 0 unspecified atom stereocenters. The zero-order chi connectivity index (χ0) is 21.5. The van der Waals surface area contributed by atoms with Crippen LogP contribution in [0.5, 0.6) is 0 Å². The molecule has 0 atom stereocenters. The highest BCUT2D eigenvalue weighted by Gasteiger charge is 2.24. The largest absolute Gasteiger partial charge is 0.392 e. The Bertz CT molecular complexity index is 1310. The summed E-state index contributed by atoms with van der Waals surface area (Å²) in [4.78, 5) is 26.1. The summed E-state index contributed by atoms with van der Waals surface area (Å²) in [5, 5.41) is 12.7. The lowest BCUT2D eigenvalue weighted by molar-refractivity contribution is 0.0951. The van der Waals surface area contributed by atoms with E-state index in [-0.39, 0.29) is 12.5 Å². The number of aromatic nitrogens is 4. The van der Waals surface area contributed by atoms with Gasteiger partial charge in [-0.3, -0.25) is 9.36 Å². The Morgan fingerprint density at radius 1 is 1.16 bits per heavy atom. The van der Waals surface area contributed by atoms with Gasteiger partial charge in [0.25, 0.3) is 5.91 Å². The van der Waals surface area contributed by atoms with Crippen LogP contribution in [0, 0.1) is 13.8 Å². The first-order chi connectivity index (χ1) is 15.1. The number of rotatable bonds is 5. The Kier molecular flexibility index (Phi) is 4.75. The maximum atomic E-state index is 12.5. The number of aliphatic hydroxyl groups is 1. The molecule has 2 heterocycles. The first-order valence-electron chi connectivity index (χ1n) is 10.4. The van der Waals surface area contributed by atoms with Crippen LogP contribution < -0.4 is 5.32 Å². The average Bonchev–Trinajstić information content (AvgIpc) is 3.49. The highest BCUT2D eigenvalue weighted by Crippen LogP contribution is 2.30. The van der Waals surface area contributed by atoms with Crippen molar-refractivity contribution in [3.8, 4) is 16.9 Å². The molecule has 1 saturated carbocycles.